The van der Waals surface area contributed by atoms with E-state index < -0.39 is 0 Å². The van der Waals surface area contributed by atoms with Crippen molar-refractivity contribution in [3.8, 4) is 0 Å². The smallest absolute Gasteiger partial charge is 0.194 e. The van der Waals surface area contributed by atoms with Crippen molar-refractivity contribution in [3.05, 3.63) is 41.7 Å². The average molecular weight is 555 g/mol. The standard InChI is InChI=1S/C23H34FN7.HI/c1-2-25-23(30-17-15-29(16-18-30)20-10-6-5-9-19(20)24)26-13-8-12-22-28-27-21-11-4-3-7-14-31(21)22;/h5-6,9-10H,2-4,7-8,11-18H2,1H3,(H,25,26);1H. The van der Waals surface area contributed by atoms with Crippen molar-refractivity contribution < 1.29 is 4.39 Å². The minimum Gasteiger partial charge on any atom is -0.366 e. The average Bonchev–Trinajstić information content (AvgIpc) is 3.02. The molecule has 0 spiro atoms. The number of aliphatic imine (C=N–C) groups is 1. The molecular weight excluding hydrogens is 520 g/mol. The van der Waals surface area contributed by atoms with Crippen LogP contribution in [-0.2, 0) is 19.4 Å². The SMILES string of the molecule is CCNC(=NCCCc1nnc2n1CCCCC2)N1CCN(c2ccccc2F)CC1.I. The number of hydrogen-bond donors (Lipinski definition) is 1. The first-order valence-electron chi connectivity index (χ1n) is 11.7. The molecule has 0 radical (unpaired) electrons. The van der Waals surface area contributed by atoms with E-state index in [0.29, 0.717) is 5.69 Å². The topological polar surface area (TPSA) is 61.6 Å². The largest absolute Gasteiger partial charge is 0.366 e. The number of aryl methyl sites for hydroxylation is 2. The quantitative estimate of drug-likeness (QED) is 0.256. The minimum absolute atomic E-state index is 0. The molecule has 2 aliphatic rings. The van der Waals surface area contributed by atoms with Crippen molar-refractivity contribution in [1.29, 1.82) is 0 Å². The second-order valence-corrected chi connectivity index (χ2v) is 8.26. The van der Waals surface area contributed by atoms with Crippen molar-refractivity contribution in [2.24, 2.45) is 4.99 Å². The van der Waals surface area contributed by atoms with Crippen LogP contribution in [0.15, 0.2) is 29.3 Å². The molecule has 1 fully saturated rings. The molecule has 9 heteroatoms. The van der Waals surface area contributed by atoms with E-state index in [1.807, 2.05) is 12.1 Å². The molecule has 176 valence electrons. The summed E-state index contributed by atoms with van der Waals surface area (Å²) >= 11 is 0. The van der Waals surface area contributed by atoms with Crippen LogP contribution in [0, 0.1) is 5.82 Å². The Morgan fingerprint density at radius 2 is 1.88 bits per heavy atom. The Balaban J connectivity index is 0.00000289. The number of para-hydroxylation sites is 1. The first kappa shape index (κ1) is 24.7. The summed E-state index contributed by atoms with van der Waals surface area (Å²) in [6, 6.07) is 7.02. The highest BCUT2D eigenvalue weighted by Crippen LogP contribution is 2.20. The highest BCUT2D eigenvalue weighted by atomic mass is 127. The third-order valence-corrected chi connectivity index (χ3v) is 6.11. The van der Waals surface area contributed by atoms with Gasteiger partial charge in [0.1, 0.15) is 17.5 Å². The van der Waals surface area contributed by atoms with Crippen LogP contribution in [0.3, 0.4) is 0 Å². The van der Waals surface area contributed by atoms with Crippen molar-refractivity contribution >= 4 is 35.6 Å². The maximum Gasteiger partial charge on any atom is 0.194 e. The number of fused-ring (bicyclic) bond motifs is 1. The molecule has 2 aromatic rings. The summed E-state index contributed by atoms with van der Waals surface area (Å²) in [7, 11) is 0. The number of benzene rings is 1. The first-order chi connectivity index (χ1) is 15.3. The van der Waals surface area contributed by atoms with Crippen LogP contribution in [0.2, 0.25) is 0 Å². The summed E-state index contributed by atoms with van der Waals surface area (Å²) in [6.07, 6.45) is 6.65. The molecule has 3 heterocycles. The number of aromatic nitrogens is 3. The Labute approximate surface area is 207 Å². The molecule has 32 heavy (non-hydrogen) atoms. The van der Waals surface area contributed by atoms with Crippen LogP contribution >= 0.6 is 24.0 Å². The zero-order chi connectivity index (χ0) is 21.5. The summed E-state index contributed by atoms with van der Waals surface area (Å²) in [5.41, 5.74) is 0.691. The highest BCUT2D eigenvalue weighted by molar-refractivity contribution is 14.0. The van der Waals surface area contributed by atoms with Gasteiger partial charge in [0.25, 0.3) is 0 Å². The molecular formula is C23H35FIN7. The van der Waals surface area contributed by atoms with E-state index in [1.165, 1.54) is 25.3 Å². The van der Waals surface area contributed by atoms with Gasteiger partial charge in [-0.1, -0.05) is 18.6 Å². The fourth-order valence-electron chi connectivity index (χ4n) is 4.45. The molecule has 2 aliphatic heterocycles. The van der Waals surface area contributed by atoms with Gasteiger partial charge in [0.05, 0.1) is 5.69 Å². The molecule has 0 unspecified atom stereocenters. The van der Waals surface area contributed by atoms with Crippen LogP contribution < -0.4 is 10.2 Å². The van der Waals surface area contributed by atoms with Gasteiger partial charge in [0.15, 0.2) is 5.96 Å². The third kappa shape index (κ3) is 6.11. The Bertz CT molecular complexity index is 877. The lowest BCUT2D eigenvalue weighted by Gasteiger charge is -2.37. The van der Waals surface area contributed by atoms with Crippen molar-refractivity contribution in [2.45, 2.75) is 52.0 Å². The number of rotatable bonds is 6. The summed E-state index contributed by atoms with van der Waals surface area (Å²) in [6.45, 7) is 7.98. The second-order valence-electron chi connectivity index (χ2n) is 8.26. The normalized spacial score (nSPS) is 16.9. The lowest BCUT2D eigenvalue weighted by molar-refractivity contribution is 0.370. The molecule has 1 N–H and O–H groups in total. The lowest BCUT2D eigenvalue weighted by Crippen LogP contribution is -2.52. The zero-order valence-corrected chi connectivity index (χ0v) is 21.3. The van der Waals surface area contributed by atoms with Gasteiger partial charge in [0.2, 0.25) is 0 Å². The number of halogens is 2. The van der Waals surface area contributed by atoms with Crippen molar-refractivity contribution in [3.63, 3.8) is 0 Å². The van der Waals surface area contributed by atoms with Crippen LogP contribution in [0.5, 0.6) is 0 Å². The van der Waals surface area contributed by atoms with E-state index in [9.17, 15) is 4.39 Å². The summed E-state index contributed by atoms with van der Waals surface area (Å²) in [5, 5.41) is 12.2. The molecule has 0 amide bonds. The summed E-state index contributed by atoms with van der Waals surface area (Å²) in [4.78, 5) is 9.26. The Kier molecular flexibility index (Phi) is 9.55. The Morgan fingerprint density at radius 3 is 2.66 bits per heavy atom. The maximum absolute atomic E-state index is 14.1. The van der Waals surface area contributed by atoms with Gasteiger partial charge < -0.3 is 19.7 Å². The van der Waals surface area contributed by atoms with Gasteiger partial charge in [-0.2, -0.15) is 0 Å². The summed E-state index contributed by atoms with van der Waals surface area (Å²) < 4.78 is 16.4. The molecule has 4 rings (SSSR count). The van der Waals surface area contributed by atoms with Gasteiger partial charge >= 0.3 is 0 Å². The molecule has 1 aromatic heterocycles. The fourth-order valence-corrected chi connectivity index (χ4v) is 4.45. The van der Waals surface area contributed by atoms with Gasteiger partial charge in [-0.3, -0.25) is 4.99 Å². The molecule has 0 bridgehead atoms. The zero-order valence-electron chi connectivity index (χ0n) is 19.0. The predicted molar refractivity (Wildman–Crippen MR) is 137 cm³/mol. The monoisotopic (exact) mass is 555 g/mol. The van der Waals surface area contributed by atoms with E-state index in [0.717, 1.165) is 82.7 Å². The number of nitrogens with zero attached hydrogens (tertiary/aromatic N) is 6. The molecule has 0 aliphatic carbocycles. The highest BCUT2D eigenvalue weighted by Gasteiger charge is 2.21. The van der Waals surface area contributed by atoms with E-state index in [2.05, 4.69) is 36.8 Å². The maximum atomic E-state index is 14.1. The lowest BCUT2D eigenvalue weighted by atomic mass is 10.2. The predicted octanol–water partition coefficient (Wildman–Crippen LogP) is 3.48. The number of guanidine groups is 1. The van der Waals surface area contributed by atoms with E-state index in [-0.39, 0.29) is 29.8 Å². The Morgan fingerprint density at radius 1 is 1.06 bits per heavy atom. The van der Waals surface area contributed by atoms with E-state index in [1.54, 1.807) is 6.07 Å². The number of nitrogens with one attached hydrogen (secondary N) is 1. The molecule has 1 aromatic carbocycles. The fraction of sp³-hybridized carbons (Fsp3) is 0.609. The van der Waals surface area contributed by atoms with Gasteiger partial charge in [-0.15, -0.1) is 34.2 Å². The van der Waals surface area contributed by atoms with Gasteiger partial charge in [0, 0.05) is 58.7 Å². The number of anilines is 1. The van der Waals surface area contributed by atoms with Crippen LogP contribution in [0.25, 0.3) is 0 Å². The number of hydrogen-bond acceptors (Lipinski definition) is 4. The molecule has 1 saturated heterocycles. The first-order valence-corrected chi connectivity index (χ1v) is 11.7. The van der Waals surface area contributed by atoms with Gasteiger partial charge in [-0.25, -0.2) is 4.39 Å². The van der Waals surface area contributed by atoms with Crippen LogP contribution in [0.4, 0.5) is 10.1 Å². The molecule has 0 atom stereocenters. The van der Waals surface area contributed by atoms with Gasteiger partial charge in [-0.05, 0) is 38.3 Å². The van der Waals surface area contributed by atoms with Crippen molar-refractivity contribution in [1.82, 2.24) is 25.0 Å². The Hall–Kier alpha value is -1.91. The third-order valence-electron chi connectivity index (χ3n) is 6.11. The van der Waals surface area contributed by atoms with Crippen molar-refractivity contribution in [2.75, 3.05) is 44.2 Å². The number of piperazine rings is 1. The molecule has 0 saturated carbocycles. The molecule has 7 nitrogen and oxygen atoms in total. The van der Waals surface area contributed by atoms with Crippen LogP contribution in [-0.4, -0.2) is 64.9 Å². The van der Waals surface area contributed by atoms with E-state index >= 15 is 0 Å². The second kappa shape index (κ2) is 12.4. The van der Waals surface area contributed by atoms with E-state index in [4.69, 9.17) is 4.99 Å². The summed E-state index contributed by atoms with van der Waals surface area (Å²) in [5.74, 6) is 3.06. The van der Waals surface area contributed by atoms with Crippen LogP contribution in [0.1, 0.15) is 44.3 Å². The minimum atomic E-state index is -0.150.